The lowest BCUT2D eigenvalue weighted by atomic mass is 9.99. The van der Waals surface area contributed by atoms with Crippen molar-refractivity contribution in [2.45, 2.75) is 26.3 Å². The van der Waals surface area contributed by atoms with Crippen LogP contribution < -0.4 is 5.32 Å². The number of nitrogens with one attached hydrogen (secondary N) is 1. The number of rotatable bonds is 0. The van der Waals surface area contributed by atoms with Gasteiger partial charge in [-0.2, -0.15) is 0 Å². The van der Waals surface area contributed by atoms with Gasteiger partial charge in [0.15, 0.2) is 5.82 Å². The van der Waals surface area contributed by atoms with E-state index >= 15 is 0 Å². The third kappa shape index (κ3) is 1.25. The molecule has 2 aromatic rings. The predicted octanol–water partition coefficient (Wildman–Crippen LogP) is 2.08. The lowest BCUT2D eigenvalue weighted by Gasteiger charge is -2.34. The van der Waals surface area contributed by atoms with Crippen molar-refractivity contribution in [2.75, 3.05) is 5.32 Å². The molecule has 0 fully saturated rings. The second kappa shape index (κ2) is 3.22. The molecule has 6 heteroatoms. The van der Waals surface area contributed by atoms with Crippen LogP contribution in [0.25, 0.3) is 5.69 Å². The summed E-state index contributed by atoms with van der Waals surface area (Å²) in [6, 6.07) is 2.57. The first-order valence-corrected chi connectivity index (χ1v) is 5.64. The van der Waals surface area contributed by atoms with Crippen LogP contribution in [0.5, 0.6) is 5.75 Å². The average molecular weight is 248 g/mol. The van der Waals surface area contributed by atoms with Gasteiger partial charge in [-0.05, 0) is 32.9 Å². The number of aromatic nitrogens is 3. The van der Waals surface area contributed by atoms with E-state index in [1.807, 2.05) is 13.8 Å². The van der Waals surface area contributed by atoms with Gasteiger partial charge < -0.3 is 10.4 Å². The molecule has 0 amide bonds. The molecule has 0 bridgehead atoms. The highest BCUT2D eigenvalue weighted by molar-refractivity contribution is 5.73. The Labute approximate surface area is 103 Å². The van der Waals surface area contributed by atoms with Crippen LogP contribution >= 0.6 is 0 Å². The number of nitrogens with zero attached hydrogens (tertiary/aromatic N) is 3. The first kappa shape index (κ1) is 11.0. The summed E-state index contributed by atoms with van der Waals surface area (Å²) in [5.41, 5.74) is 0.113. The predicted molar refractivity (Wildman–Crippen MR) is 64.4 cm³/mol. The molecule has 2 heterocycles. The molecule has 1 aromatic carbocycles. The number of halogens is 1. The summed E-state index contributed by atoms with van der Waals surface area (Å²) in [5, 5.41) is 21.1. The first-order chi connectivity index (χ1) is 8.42. The monoisotopic (exact) mass is 248 g/mol. The van der Waals surface area contributed by atoms with Crippen molar-refractivity contribution >= 4 is 5.69 Å². The molecule has 0 spiro atoms. The van der Waals surface area contributed by atoms with Crippen LogP contribution in [0.15, 0.2) is 12.1 Å². The highest BCUT2D eigenvalue weighted by Gasteiger charge is 2.36. The Balaban J connectivity index is 2.43. The molecule has 1 aliphatic rings. The van der Waals surface area contributed by atoms with Crippen molar-refractivity contribution in [3.05, 3.63) is 29.6 Å². The molecule has 0 aliphatic carbocycles. The molecule has 0 unspecified atom stereocenters. The van der Waals surface area contributed by atoms with Gasteiger partial charge in [-0.3, -0.25) is 4.57 Å². The minimum absolute atomic E-state index is 0.0122. The van der Waals surface area contributed by atoms with Crippen molar-refractivity contribution in [1.29, 1.82) is 0 Å². The SMILES string of the molecule is Cc1nnc2n1-c1c(F)ccc(O)c1NC2(C)C. The second-order valence-corrected chi connectivity index (χ2v) is 4.95. The summed E-state index contributed by atoms with van der Waals surface area (Å²) >= 11 is 0. The van der Waals surface area contributed by atoms with Crippen LogP contribution in [0.2, 0.25) is 0 Å². The smallest absolute Gasteiger partial charge is 0.162 e. The zero-order valence-corrected chi connectivity index (χ0v) is 10.3. The fraction of sp³-hybridized carbons (Fsp3) is 0.333. The molecule has 94 valence electrons. The van der Waals surface area contributed by atoms with E-state index in [2.05, 4.69) is 15.5 Å². The van der Waals surface area contributed by atoms with E-state index in [-0.39, 0.29) is 11.4 Å². The minimum Gasteiger partial charge on any atom is -0.506 e. The number of hydrogen-bond acceptors (Lipinski definition) is 4. The van der Waals surface area contributed by atoms with Crippen molar-refractivity contribution < 1.29 is 9.50 Å². The maximum absolute atomic E-state index is 14.0. The van der Waals surface area contributed by atoms with Crippen LogP contribution in [0.4, 0.5) is 10.1 Å². The maximum atomic E-state index is 14.0. The Bertz CT molecular complexity index is 648. The molecule has 0 saturated heterocycles. The molecule has 1 aliphatic heterocycles. The number of fused-ring (bicyclic) bond motifs is 3. The fourth-order valence-corrected chi connectivity index (χ4v) is 2.30. The van der Waals surface area contributed by atoms with Gasteiger partial charge in [0.05, 0.1) is 5.54 Å². The van der Waals surface area contributed by atoms with E-state index in [0.29, 0.717) is 17.3 Å². The highest BCUT2D eigenvalue weighted by atomic mass is 19.1. The van der Waals surface area contributed by atoms with Crippen LogP contribution in [0.1, 0.15) is 25.5 Å². The first-order valence-electron chi connectivity index (χ1n) is 5.64. The lowest BCUT2D eigenvalue weighted by Crippen LogP contribution is -2.36. The molecular weight excluding hydrogens is 235 g/mol. The second-order valence-electron chi connectivity index (χ2n) is 4.95. The largest absolute Gasteiger partial charge is 0.506 e. The van der Waals surface area contributed by atoms with Gasteiger partial charge in [0, 0.05) is 0 Å². The summed E-state index contributed by atoms with van der Waals surface area (Å²) in [7, 11) is 0. The maximum Gasteiger partial charge on any atom is 0.162 e. The number of aromatic hydroxyl groups is 1. The molecule has 0 radical (unpaired) electrons. The third-order valence-corrected chi connectivity index (χ3v) is 3.15. The van der Waals surface area contributed by atoms with Gasteiger partial charge in [-0.15, -0.1) is 10.2 Å². The quantitative estimate of drug-likeness (QED) is 0.701. The summed E-state index contributed by atoms with van der Waals surface area (Å²) in [6.45, 7) is 5.56. The third-order valence-electron chi connectivity index (χ3n) is 3.15. The van der Waals surface area contributed by atoms with Gasteiger partial charge in [0.1, 0.15) is 28.8 Å². The minimum atomic E-state index is -0.528. The van der Waals surface area contributed by atoms with E-state index in [4.69, 9.17) is 0 Å². The Morgan fingerprint density at radius 1 is 1.33 bits per heavy atom. The zero-order valence-electron chi connectivity index (χ0n) is 10.3. The van der Waals surface area contributed by atoms with E-state index in [1.54, 1.807) is 11.5 Å². The van der Waals surface area contributed by atoms with Gasteiger partial charge in [-0.25, -0.2) is 4.39 Å². The van der Waals surface area contributed by atoms with Crippen LogP contribution in [-0.2, 0) is 5.54 Å². The summed E-state index contributed by atoms with van der Waals surface area (Å²) in [6.07, 6.45) is 0. The number of phenolic OH excluding ortho intramolecular Hbond substituents is 1. The number of aryl methyl sites for hydroxylation is 1. The van der Waals surface area contributed by atoms with Crippen molar-refractivity contribution in [1.82, 2.24) is 14.8 Å². The summed E-state index contributed by atoms with van der Waals surface area (Å²) in [4.78, 5) is 0. The van der Waals surface area contributed by atoms with Gasteiger partial charge in [-0.1, -0.05) is 0 Å². The average Bonchev–Trinajstić information content (AvgIpc) is 2.67. The fourth-order valence-electron chi connectivity index (χ4n) is 2.30. The van der Waals surface area contributed by atoms with Gasteiger partial charge in [0.2, 0.25) is 0 Å². The molecule has 0 atom stereocenters. The normalized spacial score (nSPS) is 15.8. The Morgan fingerprint density at radius 2 is 2.06 bits per heavy atom. The van der Waals surface area contributed by atoms with Crippen molar-refractivity contribution in [3.63, 3.8) is 0 Å². The number of anilines is 1. The highest BCUT2D eigenvalue weighted by Crippen LogP contribution is 2.42. The number of phenols is 1. The Kier molecular flexibility index (Phi) is 1.97. The molecule has 3 rings (SSSR count). The van der Waals surface area contributed by atoms with E-state index in [9.17, 15) is 9.50 Å². The number of hydrogen-bond donors (Lipinski definition) is 2. The summed E-state index contributed by atoms with van der Waals surface area (Å²) < 4.78 is 15.7. The van der Waals surface area contributed by atoms with E-state index in [1.165, 1.54) is 12.1 Å². The molecule has 18 heavy (non-hydrogen) atoms. The van der Waals surface area contributed by atoms with Crippen molar-refractivity contribution in [2.24, 2.45) is 0 Å². The lowest BCUT2D eigenvalue weighted by molar-refractivity contribution is 0.461. The van der Waals surface area contributed by atoms with E-state index < -0.39 is 11.4 Å². The topological polar surface area (TPSA) is 63.0 Å². The Hall–Kier alpha value is -2.11. The molecule has 2 N–H and O–H groups in total. The van der Waals surface area contributed by atoms with Crippen molar-refractivity contribution in [3.8, 4) is 11.4 Å². The van der Waals surface area contributed by atoms with Gasteiger partial charge >= 0.3 is 0 Å². The number of benzene rings is 1. The molecule has 1 aromatic heterocycles. The van der Waals surface area contributed by atoms with E-state index in [0.717, 1.165) is 0 Å². The Morgan fingerprint density at radius 3 is 2.78 bits per heavy atom. The molecule has 5 nitrogen and oxygen atoms in total. The zero-order chi connectivity index (χ0) is 13.1. The van der Waals surface area contributed by atoms with Gasteiger partial charge in [0.25, 0.3) is 0 Å². The van der Waals surface area contributed by atoms with Crippen LogP contribution in [-0.4, -0.2) is 19.9 Å². The molecule has 0 saturated carbocycles. The molecular formula is C12H13FN4O. The van der Waals surface area contributed by atoms with Crippen LogP contribution in [0, 0.1) is 12.7 Å². The standard InChI is InChI=1S/C12H13FN4O/c1-6-15-16-11-12(2,3)14-9-8(18)5-4-7(13)10(9)17(6)11/h4-5,14,18H,1-3H3. The summed E-state index contributed by atoms with van der Waals surface area (Å²) in [5.74, 6) is 0.801. The van der Waals surface area contributed by atoms with Crippen LogP contribution in [0.3, 0.4) is 0 Å².